The van der Waals surface area contributed by atoms with Crippen molar-refractivity contribution in [2.75, 3.05) is 43.9 Å². The third-order valence-electron chi connectivity index (χ3n) is 3.68. The molecule has 2 rings (SSSR count). The van der Waals surface area contributed by atoms with Gasteiger partial charge in [-0.3, -0.25) is 15.0 Å². The summed E-state index contributed by atoms with van der Waals surface area (Å²) in [7, 11) is 0. The minimum absolute atomic E-state index is 0.193. The van der Waals surface area contributed by atoms with Gasteiger partial charge in [-0.1, -0.05) is 0 Å². The first-order valence-corrected chi connectivity index (χ1v) is 8.32. The average molecular weight is 329 g/mol. The molecule has 0 aromatic heterocycles. The lowest BCUT2D eigenvalue weighted by molar-refractivity contribution is -0.387. The van der Waals surface area contributed by atoms with Crippen LogP contribution in [-0.4, -0.2) is 60.0 Å². The van der Waals surface area contributed by atoms with Crippen LogP contribution in [-0.2, 0) is 0 Å². The summed E-state index contributed by atoms with van der Waals surface area (Å²) in [6.45, 7) is 5.08. The van der Waals surface area contributed by atoms with E-state index >= 15 is 0 Å². The molecule has 1 saturated heterocycles. The number of benzene rings is 1. The van der Waals surface area contributed by atoms with Gasteiger partial charge >= 0.3 is 0 Å². The fourth-order valence-electron chi connectivity index (χ4n) is 2.63. The number of nitrogens with zero attached hydrogens (tertiary/aromatic N) is 3. The second kappa shape index (κ2) is 7.26. The van der Waals surface area contributed by atoms with E-state index in [9.17, 15) is 19.6 Å². The number of hydrogen-bond acceptors (Lipinski definition) is 6. The summed E-state index contributed by atoms with van der Waals surface area (Å²) < 4.78 is 14.2. The minimum atomic E-state index is -0.562. The molecule has 0 saturated carbocycles. The Morgan fingerprint density at radius 2 is 2.05 bits per heavy atom. The number of nitro groups is 1. The van der Waals surface area contributed by atoms with Crippen molar-refractivity contribution in [3.05, 3.63) is 28.1 Å². The number of aliphatic hydroxyl groups is 1. The van der Waals surface area contributed by atoms with Crippen LogP contribution in [0, 0.1) is 15.9 Å². The normalized spacial score (nSPS) is 17.5. The maximum absolute atomic E-state index is 14.2. The van der Waals surface area contributed by atoms with Gasteiger partial charge in [0.05, 0.1) is 27.7 Å². The van der Waals surface area contributed by atoms with Crippen LogP contribution in [0.2, 0.25) is 0 Å². The van der Waals surface area contributed by atoms with E-state index in [1.54, 1.807) is 19.2 Å². The van der Waals surface area contributed by atoms with Crippen LogP contribution in [0.3, 0.4) is 0 Å². The van der Waals surface area contributed by atoms with E-state index in [4.69, 9.17) is 0 Å². The molecule has 0 bridgehead atoms. The number of rotatable bonds is 5. The van der Waals surface area contributed by atoms with Gasteiger partial charge in [-0.15, -0.1) is 11.8 Å². The van der Waals surface area contributed by atoms with Crippen molar-refractivity contribution < 1.29 is 14.4 Å². The number of anilines is 1. The van der Waals surface area contributed by atoms with E-state index in [1.807, 2.05) is 4.90 Å². The number of β-amino-alcohol motifs (C(OH)–C–C–N with tert-alkyl or cyclic N) is 1. The van der Waals surface area contributed by atoms with E-state index in [-0.39, 0.29) is 11.8 Å². The first kappa shape index (κ1) is 17.0. The topological polar surface area (TPSA) is 69.8 Å². The molecule has 1 aromatic carbocycles. The Kier molecular flexibility index (Phi) is 5.60. The van der Waals surface area contributed by atoms with E-state index in [1.165, 1.54) is 11.8 Å². The zero-order chi connectivity index (χ0) is 16.3. The highest BCUT2D eigenvalue weighted by molar-refractivity contribution is 7.98. The van der Waals surface area contributed by atoms with Crippen LogP contribution in [0.1, 0.15) is 6.92 Å². The molecule has 1 atom stereocenters. The van der Waals surface area contributed by atoms with Crippen molar-refractivity contribution >= 4 is 23.1 Å². The van der Waals surface area contributed by atoms with Gasteiger partial charge in [-0.05, 0) is 19.2 Å². The van der Waals surface area contributed by atoms with Crippen molar-refractivity contribution in [1.82, 2.24) is 4.90 Å². The number of aliphatic hydroxyl groups excluding tert-OH is 1. The third-order valence-corrected chi connectivity index (χ3v) is 4.45. The maximum atomic E-state index is 14.2. The fraction of sp³-hybridized carbons (Fsp3) is 0.571. The first-order chi connectivity index (χ1) is 10.4. The summed E-state index contributed by atoms with van der Waals surface area (Å²) in [4.78, 5) is 14.9. The van der Waals surface area contributed by atoms with Crippen LogP contribution in [0.5, 0.6) is 0 Å². The Morgan fingerprint density at radius 3 is 2.55 bits per heavy atom. The Morgan fingerprint density at radius 1 is 1.41 bits per heavy atom. The molecule has 1 aliphatic heterocycles. The van der Waals surface area contributed by atoms with Crippen LogP contribution in [0.25, 0.3) is 0 Å². The molecule has 0 radical (unpaired) electrons. The van der Waals surface area contributed by atoms with Crippen LogP contribution < -0.4 is 4.90 Å². The first-order valence-electron chi connectivity index (χ1n) is 7.09. The molecule has 1 N–H and O–H groups in total. The molecule has 8 heteroatoms. The third kappa shape index (κ3) is 3.88. The molecule has 1 unspecified atom stereocenters. The molecular weight excluding hydrogens is 309 g/mol. The number of halogens is 1. The van der Waals surface area contributed by atoms with Gasteiger partial charge in [0, 0.05) is 32.7 Å². The highest BCUT2D eigenvalue weighted by Crippen LogP contribution is 2.34. The van der Waals surface area contributed by atoms with Crippen molar-refractivity contribution in [3.8, 4) is 0 Å². The van der Waals surface area contributed by atoms with Crippen molar-refractivity contribution in [2.45, 2.75) is 17.9 Å². The number of hydrogen-bond donors (Lipinski definition) is 1. The van der Waals surface area contributed by atoms with Crippen molar-refractivity contribution in [1.29, 1.82) is 0 Å². The maximum Gasteiger partial charge on any atom is 0.285 e. The molecule has 1 heterocycles. The predicted octanol–water partition coefficient (Wildman–Crippen LogP) is 1.96. The quantitative estimate of drug-likeness (QED) is 0.506. The van der Waals surface area contributed by atoms with Gasteiger partial charge < -0.3 is 10.0 Å². The molecule has 1 aromatic rings. The smallest absolute Gasteiger partial charge is 0.285 e. The summed E-state index contributed by atoms with van der Waals surface area (Å²) in [5, 5.41) is 20.3. The van der Waals surface area contributed by atoms with Crippen LogP contribution in [0.4, 0.5) is 15.8 Å². The van der Waals surface area contributed by atoms with Crippen LogP contribution >= 0.6 is 11.8 Å². The number of thioether (sulfide) groups is 1. The van der Waals surface area contributed by atoms with E-state index < -0.39 is 10.7 Å². The van der Waals surface area contributed by atoms with Crippen molar-refractivity contribution in [2.24, 2.45) is 0 Å². The molecule has 1 aliphatic rings. The van der Waals surface area contributed by atoms with Gasteiger partial charge in [-0.2, -0.15) is 0 Å². The SMILES string of the molecule is CSc1cc(N2CCN(CC(C)O)CC2)c(F)cc1[N+](=O)[O-]. The monoisotopic (exact) mass is 329 g/mol. The van der Waals surface area contributed by atoms with Crippen LogP contribution in [0.15, 0.2) is 17.0 Å². The highest BCUT2D eigenvalue weighted by Gasteiger charge is 2.24. The molecule has 0 spiro atoms. The number of piperazine rings is 1. The van der Waals surface area contributed by atoms with E-state index in [0.717, 1.165) is 19.2 Å². The summed E-state index contributed by atoms with van der Waals surface area (Å²) in [6, 6.07) is 2.56. The second-order valence-corrected chi connectivity index (χ2v) is 6.22. The standard InChI is InChI=1S/C14H20FN3O3S/c1-10(19)9-16-3-5-17(6-4-16)12-8-14(22-2)13(18(20)21)7-11(12)15/h7-8,10,19H,3-6,9H2,1-2H3. The summed E-state index contributed by atoms with van der Waals surface area (Å²) >= 11 is 1.24. The Labute approximate surface area is 133 Å². The summed E-state index contributed by atoms with van der Waals surface area (Å²) in [6.07, 6.45) is 1.36. The highest BCUT2D eigenvalue weighted by atomic mass is 32.2. The molecule has 1 fully saturated rings. The molecule has 0 aliphatic carbocycles. The van der Waals surface area contributed by atoms with Gasteiger partial charge in [-0.25, -0.2) is 4.39 Å². The van der Waals surface area contributed by atoms with Gasteiger partial charge in [0.25, 0.3) is 5.69 Å². The molecule has 0 amide bonds. The Balaban J connectivity index is 2.15. The fourth-order valence-corrected chi connectivity index (χ4v) is 3.20. The van der Waals surface area contributed by atoms with Gasteiger partial charge in [0.2, 0.25) is 0 Å². The second-order valence-electron chi connectivity index (χ2n) is 5.37. The predicted molar refractivity (Wildman–Crippen MR) is 85.2 cm³/mol. The minimum Gasteiger partial charge on any atom is -0.392 e. The lowest BCUT2D eigenvalue weighted by atomic mass is 10.2. The molecule has 6 nitrogen and oxygen atoms in total. The lowest BCUT2D eigenvalue weighted by Gasteiger charge is -2.36. The zero-order valence-corrected chi connectivity index (χ0v) is 13.5. The van der Waals surface area contributed by atoms with Gasteiger partial charge in [0.1, 0.15) is 0 Å². The largest absolute Gasteiger partial charge is 0.392 e. The average Bonchev–Trinajstić information content (AvgIpc) is 2.47. The Hall–Kier alpha value is -1.38. The molecular formula is C14H20FN3O3S. The summed E-state index contributed by atoms with van der Waals surface area (Å²) in [5.74, 6) is -0.562. The lowest BCUT2D eigenvalue weighted by Crippen LogP contribution is -2.48. The van der Waals surface area contributed by atoms with Gasteiger partial charge in [0.15, 0.2) is 5.82 Å². The van der Waals surface area contributed by atoms with E-state index in [2.05, 4.69) is 4.90 Å². The van der Waals surface area contributed by atoms with Crippen molar-refractivity contribution in [3.63, 3.8) is 0 Å². The Bertz CT molecular complexity index is 548. The van der Waals surface area contributed by atoms with E-state index in [0.29, 0.717) is 30.2 Å². The zero-order valence-electron chi connectivity index (χ0n) is 12.7. The summed E-state index contributed by atoms with van der Waals surface area (Å²) in [5.41, 5.74) is 0.216. The molecule has 122 valence electrons. The number of nitro benzene ring substituents is 1. The molecule has 22 heavy (non-hydrogen) atoms.